The zero-order chi connectivity index (χ0) is 30.2. The summed E-state index contributed by atoms with van der Waals surface area (Å²) in [5, 5.41) is 16.2. The van der Waals surface area contributed by atoms with Crippen LogP contribution in [0.5, 0.6) is 0 Å². The van der Waals surface area contributed by atoms with Gasteiger partial charge in [0.2, 0.25) is 15.9 Å². The first kappa shape index (κ1) is 32.7. The minimum Gasteiger partial charge on any atom is -0.390 e. The van der Waals surface area contributed by atoms with Gasteiger partial charge < -0.3 is 10.4 Å². The van der Waals surface area contributed by atoms with Gasteiger partial charge in [-0.15, -0.1) is 0 Å². The van der Waals surface area contributed by atoms with E-state index >= 15 is 0 Å². The summed E-state index contributed by atoms with van der Waals surface area (Å²) >= 11 is 0. The quantitative estimate of drug-likeness (QED) is 0.328. The first-order valence-electron chi connectivity index (χ1n) is 14.4. The van der Waals surface area contributed by atoms with Crippen LogP contribution in [-0.4, -0.2) is 72.5 Å². The van der Waals surface area contributed by atoms with Crippen molar-refractivity contribution >= 4 is 21.8 Å². The summed E-state index contributed by atoms with van der Waals surface area (Å²) in [5.74, 6) is -0.698. The molecule has 0 aromatic heterocycles. The molecule has 1 aliphatic heterocycles. The number of carbonyl (C=O) groups is 2. The third kappa shape index (κ3) is 9.63. The van der Waals surface area contributed by atoms with Crippen molar-refractivity contribution < 1.29 is 23.1 Å². The lowest BCUT2D eigenvalue weighted by Crippen LogP contribution is -2.61. The van der Waals surface area contributed by atoms with E-state index in [-0.39, 0.29) is 54.0 Å². The fraction of sp³-hybridized carbons (Fsp3) is 0.548. The molecule has 3 N–H and O–H groups in total. The summed E-state index contributed by atoms with van der Waals surface area (Å²) in [6, 6.07) is 16.2. The summed E-state index contributed by atoms with van der Waals surface area (Å²) in [6.45, 7) is 10.3. The smallest absolute Gasteiger partial charge is 0.255 e. The number of amides is 2. The van der Waals surface area contributed by atoms with Crippen molar-refractivity contribution in [2.75, 3.05) is 19.6 Å². The average molecular weight is 587 g/mol. The molecule has 0 saturated carbocycles. The van der Waals surface area contributed by atoms with Crippen molar-refractivity contribution in [3.05, 3.63) is 66.2 Å². The Bertz CT molecular complexity index is 1230. The van der Waals surface area contributed by atoms with E-state index in [1.54, 1.807) is 18.2 Å². The number of aliphatic hydroxyl groups is 1. The van der Waals surface area contributed by atoms with Crippen molar-refractivity contribution in [2.24, 2.45) is 11.3 Å². The van der Waals surface area contributed by atoms with Gasteiger partial charge in [-0.1, -0.05) is 83.1 Å². The van der Waals surface area contributed by atoms with E-state index in [0.29, 0.717) is 13.0 Å². The van der Waals surface area contributed by atoms with E-state index in [1.807, 2.05) is 65.0 Å². The number of rotatable bonds is 12. The molecule has 0 spiro atoms. The van der Waals surface area contributed by atoms with Crippen LogP contribution >= 0.6 is 0 Å². The van der Waals surface area contributed by atoms with E-state index in [2.05, 4.69) is 10.7 Å². The number of hydrazine groups is 1. The molecule has 10 heteroatoms. The second-order valence-electron chi connectivity index (χ2n) is 12.5. The standard InChI is InChI=1S/C31H46N4O5S/c1-23(2)21-34(41(39,40)25-15-10-7-11-16-25)22-28(36)27(19-24-13-8-6-9-14-24)35(29(37)20-31(3,4)5)33-30(38)26-17-12-18-32-26/h6-11,13-16,23,26-28,32,36H,12,17-22H2,1-5H3,(H,33,38)/t26?,27?,28-/m1/s1. The van der Waals surface area contributed by atoms with Gasteiger partial charge in [-0.25, -0.2) is 13.4 Å². The molecule has 2 unspecified atom stereocenters. The molecule has 9 nitrogen and oxygen atoms in total. The first-order chi connectivity index (χ1) is 19.3. The molecule has 1 fully saturated rings. The van der Waals surface area contributed by atoms with Gasteiger partial charge in [0.25, 0.3) is 5.91 Å². The van der Waals surface area contributed by atoms with Gasteiger partial charge in [-0.3, -0.25) is 15.0 Å². The summed E-state index contributed by atoms with van der Waals surface area (Å²) in [4.78, 5) is 27.2. The third-order valence-electron chi connectivity index (χ3n) is 6.96. The highest BCUT2D eigenvalue weighted by molar-refractivity contribution is 7.89. The Hall–Kier alpha value is -2.79. The van der Waals surface area contributed by atoms with Crippen molar-refractivity contribution in [2.45, 2.75) is 83.4 Å². The summed E-state index contributed by atoms with van der Waals surface area (Å²) in [6.07, 6.45) is 0.550. The maximum Gasteiger partial charge on any atom is 0.255 e. The normalized spacial score (nSPS) is 17.4. The second kappa shape index (κ2) is 14.4. The molecule has 2 aromatic rings. The van der Waals surface area contributed by atoms with Crippen LogP contribution in [0, 0.1) is 11.3 Å². The van der Waals surface area contributed by atoms with Gasteiger partial charge in [-0.05, 0) is 54.8 Å². The fourth-order valence-electron chi connectivity index (χ4n) is 4.98. The van der Waals surface area contributed by atoms with Crippen LogP contribution in [0.25, 0.3) is 0 Å². The maximum atomic E-state index is 13.8. The SMILES string of the molecule is CC(C)CN(C[C@@H](O)C(Cc1ccccc1)N(NC(=O)C1CCCN1)C(=O)CC(C)(C)C)S(=O)(=O)c1ccccc1. The minimum absolute atomic E-state index is 0.0139. The Morgan fingerprint density at radius 1 is 1.02 bits per heavy atom. The van der Waals surface area contributed by atoms with Crippen LogP contribution in [0.1, 0.15) is 59.4 Å². The fourth-order valence-corrected chi connectivity index (χ4v) is 6.62. The highest BCUT2D eigenvalue weighted by Crippen LogP contribution is 2.24. The van der Waals surface area contributed by atoms with Crippen molar-refractivity contribution in [3.63, 3.8) is 0 Å². The van der Waals surface area contributed by atoms with E-state index < -0.39 is 28.2 Å². The van der Waals surface area contributed by atoms with Gasteiger partial charge in [0.15, 0.2) is 0 Å². The number of hydrogen-bond acceptors (Lipinski definition) is 6. The first-order valence-corrected chi connectivity index (χ1v) is 15.8. The number of nitrogens with one attached hydrogen (secondary N) is 2. The van der Waals surface area contributed by atoms with Crippen molar-refractivity contribution in [1.82, 2.24) is 20.1 Å². The van der Waals surface area contributed by atoms with Gasteiger partial charge in [0.1, 0.15) is 0 Å². The second-order valence-corrected chi connectivity index (χ2v) is 14.4. The van der Waals surface area contributed by atoms with Crippen LogP contribution in [0.2, 0.25) is 0 Å². The lowest BCUT2D eigenvalue weighted by Gasteiger charge is -2.38. The van der Waals surface area contributed by atoms with Crippen LogP contribution in [0.15, 0.2) is 65.6 Å². The monoisotopic (exact) mass is 586 g/mol. The number of sulfonamides is 1. The van der Waals surface area contributed by atoms with Gasteiger partial charge >= 0.3 is 0 Å². The van der Waals surface area contributed by atoms with E-state index in [9.17, 15) is 23.1 Å². The Morgan fingerprint density at radius 2 is 1.63 bits per heavy atom. The van der Waals surface area contributed by atoms with Gasteiger partial charge in [-0.2, -0.15) is 4.31 Å². The van der Waals surface area contributed by atoms with Gasteiger partial charge in [0.05, 0.1) is 23.1 Å². The number of aliphatic hydroxyl groups excluding tert-OH is 1. The molecule has 2 amide bonds. The molecule has 226 valence electrons. The zero-order valence-electron chi connectivity index (χ0n) is 24.9. The van der Waals surface area contributed by atoms with Gasteiger partial charge in [0, 0.05) is 19.5 Å². The Labute approximate surface area is 245 Å². The maximum absolute atomic E-state index is 13.8. The number of benzene rings is 2. The number of hydrogen-bond donors (Lipinski definition) is 3. The van der Waals surface area contributed by atoms with Crippen molar-refractivity contribution in [3.8, 4) is 0 Å². The topological polar surface area (TPSA) is 119 Å². The lowest BCUT2D eigenvalue weighted by molar-refractivity contribution is -0.150. The molecule has 41 heavy (non-hydrogen) atoms. The highest BCUT2D eigenvalue weighted by Gasteiger charge is 2.38. The van der Waals surface area contributed by atoms with Crippen LogP contribution in [-0.2, 0) is 26.0 Å². The molecule has 1 aliphatic rings. The molecule has 1 saturated heterocycles. The minimum atomic E-state index is -3.94. The predicted molar refractivity (Wildman–Crippen MR) is 160 cm³/mol. The summed E-state index contributed by atoms with van der Waals surface area (Å²) in [5.41, 5.74) is 3.29. The highest BCUT2D eigenvalue weighted by atomic mass is 32.2. The molecule has 3 rings (SSSR count). The third-order valence-corrected chi connectivity index (χ3v) is 8.81. The van der Waals surface area contributed by atoms with Crippen LogP contribution in [0.4, 0.5) is 0 Å². The van der Waals surface area contributed by atoms with Crippen LogP contribution in [0.3, 0.4) is 0 Å². The molecule has 2 aromatic carbocycles. The molecule has 0 radical (unpaired) electrons. The Morgan fingerprint density at radius 3 is 2.17 bits per heavy atom. The van der Waals surface area contributed by atoms with E-state index in [1.165, 1.54) is 21.4 Å². The molecular formula is C31H46N4O5S. The molecule has 1 heterocycles. The zero-order valence-corrected chi connectivity index (χ0v) is 25.7. The number of nitrogens with zero attached hydrogens (tertiary/aromatic N) is 2. The van der Waals surface area contributed by atoms with E-state index in [4.69, 9.17) is 0 Å². The molecular weight excluding hydrogens is 540 g/mol. The van der Waals surface area contributed by atoms with Crippen LogP contribution < -0.4 is 10.7 Å². The predicted octanol–water partition coefficient (Wildman–Crippen LogP) is 3.35. The lowest BCUT2D eigenvalue weighted by atomic mass is 9.91. The van der Waals surface area contributed by atoms with E-state index in [0.717, 1.165) is 12.0 Å². The molecule has 0 aliphatic carbocycles. The number of carbonyl (C=O) groups excluding carboxylic acids is 2. The Balaban J connectivity index is 2.01. The average Bonchev–Trinajstić information content (AvgIpc) is 3.45. The molecule has 0 bridgehead atoms. The Kier molecular flexibility index (Phi) is 11.5. The largest absolute Gasteiger partial charge is 0.390 e. The van der Waals surface area contributed by atoms with Crippen molar-refractivity contribution in [1.29, 1.82) is 0 Å². The molecule has 3 atom stereocenters. The summed E-state index contributed by atoms with van der Waals surface area (Å²) < 4.78 is 28.6. The summed E-state index contributed by atoms with van der Waals surface area (Å²) in [7, 11) is -3.94.